The lowest BCUT2D eigenvalue weighted by Gasteiger charge is -2.18. The molecule has 0 saturated heterocycles. The van der Waals surface area contributed by atoms with Crippen molar-refractivity contribution in [2.24, 2.45) is 0 Å². The molecule has 0 unspecified atom stereocenters. The number of ether oxygens (including phenoxy) is 1. The van der Waals surface area contributed by atoms with Crippen molar-refractivity contribution < 1.29 is 9.53 Å². The molecule has 0 aliphatic heterocycles. The molecule has 2 N–H and O–H groups in total. The lowest BCUT2D eigenvalue weighted by Crippen LogP contribution is -2.22. The van der Waals surface area contributed by atoms with Crippen LogP contribution in [0.2, 0.25) is 0 Å². The highest BCUT2D eigenvalue weighted by Crippen LogP contribution is 2.18. The zero-order chi connectivity index (χ0) is 10.9. The van der Waals surface area contributed by atoms with Gasteiger partial charge in [-0.1, -0.05) is 0 Å². The maximum atomic E-state index is 11.2. The van der Waals surface area contributed by atoms with Crippen LogP contribution in [0, 0.1) is 0 Å². The molecular formula is C9H15N3O2. The Morgan fingerprint density at radius 2 is 2.14 bits per heavy atom. The summed E-state index contributed by atoms with van der Waals surface area (Å²) < 4.78 is 6.22. The van der Waals surface area contributed by atoms with E-state index in [1.54, 1.807) is 10.9 Å². The van der Waals surface area contributed by atoms with Crippen LogP contribution < -0.4 is 5.73 Å². The molecule has 1 rings (SSSR count). The molecule has 0 atom stereocenters. The van der Waals surface area contributed by atoms with Crippen LogP contribution in [-0.4, -0.2) is 22.9 Å². The summed E-state index contributed by atoms with van der Waals surface area (Å²) in [6.45, 7) is 5.92. The van der Waals surface area contributed by atoms with Gasteiger partial charge in [-0.3, -0.25) is 4.68 Å². The lowest BCUT2D eigenvalue weighted by atomic mass is 10.1. The van der Waals surface area contributed by atoms with Gasteiger partial charge in [-0.05, 0) is 20.8 Å². The van der Waals surface area contributed by atoms with E-state index in [9.17, 15) is 4.79 Å². The molecule has 5 nitrogen and oxygen atoms in total. The first-order valence-corrected chi connectivity index (χ1v) is 4.30. The number of rotatable bonds is 1. The fraction of sp³-hybridized carbons (Fsp3) is 0.556. The van der Waals surface area contributed by atoms with Crippen molar-refractivity contribution in [2.45, 2.75) is 26.3 Å². The molecule has 0 spiro atoms. The third-order valence-electron chi connectivity index (χ3n) is 1.84. The van der Waals surface area contributed by atoms with Crippen molar-refractivity contribution in [1.82, 2.24) is 9.78 Å². The summed E-state index contributed by atoms with van der Waals surface area (Å²) >= 11 is 0. The van der Waals surface area contributed by atoms with Gasteiger partial charge in [0.2, 0.25) is 0 Å². The van der Waals surface area contributed by atoms with Crippen molar-refractivity contribution >= 4 is 11.8 Å². The molecule has 0 radical (unpaired) electrons. The third-order valence-corrected chi connectivity index (χ3v) is 1.84. The van der Waals surface area contributed by atoms with Gasteiger partial charge in [0.25, 0.3) is 0 Å². The fourth-order valence-electron chi connectivity index (χ4n) is 0.998. The quantitative estimate of drug-likeness (QED) is 0.682. The minimum absolute atomic E-state index is 0.194. The molecule has 1 heterocycles. The lowest BCUT2D eigenvalue weighted by molar-refractivity contribution is 0.0601. The van der Waals surface area contributed by atoms with Crippen LogP contribution in [0.3, 0.4) is 0 Å². The average Bonchev–Trinajstić information content (AvgIpc) is 2.45. The van der Waals surface area contributed by atoms with E-state index in [4.69, 9.17) is 5.73 Å². The van der Waals surface area contributed by atoms with Gasteiger partial charge in [-0.25, -0.2) is 4.79 Å². The Morgan fingerprint density at radius 1 is 1.57 bits per heavy atom. The van der Waals surface area contributed by atoms with Gasteiger partial charge in [0.1, 0.15) is 5.56 Å². The van der Waals surface area contributed by atoms with Crippen LogP contribution in [0.25, 0.3) is 0 Å². The van der Waals surface area contributed by atoms with Gasteiger partial charge in [-0.2, -0.15) is 5.10 Å². The van der Waals surface area contributed by atoms with Crippen LogP contribution in [0.1, 0.15) is 31.1 Å². The van der Waals surface area contributed by atoms with Crippen LogP contribution in [0.5, 0.6) is 0 Å². The summed E-state index contributed by atoms with van der Waals surface area (Å²) in [4.78, 5) is 11.2. The number of aromatic nitrogens is 2. The number of carbonyl (C=O) groups excluding carboxylic acids is 1. The molecule has 0 fully saturated rings. The van der Waals surface area contributed by atoms with E-state index in [0.717, 1.165) is 0 Å². The number of hydrogen-bond donors (Lipinski definition) is 1. The summed E-state index contributed by atoms with van der Waals surface area (Å²) in [5.41, 5.74) is 5.70. The van der Waals surface area contributed by atoms with Gasteiger partial charge in [-0.15, -0.1) is 0 Å². The van der Waals surface area contributed by atoms with Crippen molar-refractivity contribution in [1.29, 1.82) is 0 Å². The maximum Gasteiger partial charge on any atom is 0.343 e. The van der Waals surface area contributed by atoms with E-state index in [-0.39, 0.29) is 11.4 Å². The van der Waals surface area contributed by atoms with Crippen molar-refractivity contribution in [3.8, 4) is 0 Å². The summed E-state index contributed by atoms with van der Waals surface area (Å²) in [5, 5.41) is 4.04. The minimum atomic E-state index is -0.460. The molecule has 0 aliphatic rings. The Bertz CT molecular complexity index is 349. The van der Waals surface area contributed by atoms with Crippen LogP contribution in [-0.2, 0) is 10.3 Å². The zero-order valence-electron chi connectivity index (χ0n) is 8.87. The Labute approximate surface area is 82.8 Å². The SMILES string of the molecule is COC(=O)c1cn(C(C)(C)C)nc1N. The van der Waals surface area contributed by atoms with E-state index in [0.29, 0.717) is 5.56 Å². The number of anilines is 1. The van der Waals surface area contributed by atoms with Crippen molar-refractivity contribution in [2.75, 3.05) is 12.8 Å². The van der Waals surface area contributed by atoms with Gasteiger partial charge >= 0.3 is 5.97 Å². The number of nitrogen functional groups attached to an aromatic ring is 1. The maximum absolute atomic E-state index is 11.2. The molecule has 14 heavy (non-hydrogen) atoms. The molecule has 1 aromatic rings. The van der Waals surface area contributed by atoms with E-state index >= 15 is 0 Å². The Kier molecular flexibility index (Phi) is 2.51. The Balaban J connectivity index is 3.12. The molecule has 5 heteroatoms. The van der Waals surface area contributed by atoms with E-state index in [1.807, 2.05) is 20.8 Å². The first-order chi connectivity index (χ1) is 6.36. The van der Waals surface area contributed by atoms with E-state index < -0.39 is 5.97 Å². The molecule has 0 bridgehead atoms. The predicted octanol–water partition coefficient (Wildman–Crippen LogP) is 1.01. The number of esters is 1. The van der Waals surface area contributed by atoms with Crippen LogP contribution in [0.4, 0.5) is 5.82 Å². The first-order valence-electron chi connectivity index (χ1n) is 4.30. The standard InChI is InChI=1S/C9H15N3O2/c1-9(2,3)12-5-6(7(10)11-12)8(13)14-4/h5H,1-4H3,(H2,10,11). The number of carbonyl (C=O) groups is 1. The van der Waals surface area contributed by atoms with Gasteiger partial charge < -0.3 is 10.5 Å². The first kappa shape index (κ1) is 10.6. The number of hydrogen-bond acceptors (Lipinski definition) is 4. The Hall–Kier alpha value is -1.52. The van der Waals surface area contributed by atoms with Gasteiger partial charge in [0.05, 0.1) is 12.6 Å². The smallest absolute Gasteiger partial charge is 0.343 e. The van der Waals surface area contributed by atoms with E-state index in [2.05, 4.69) is 9.84 Å². The van der Waals surface area contributed by atoms with Gasteiger partial charge in [0.15, 0.2) is 5.82 Å². The number of nitrogens with zero attached hydrogens (tertiary/aromatic N) is 2. The number of nitrogens with two attached hydrogens (primary N) is 1. The van der Waals surface area contributed by atoms with Crippen LogP contribution >= 0.6 is 0 Å². The zero-order valence-corrected chi connectivity index (χ0v) is 8.87. The predicted molar refractivity (Wildman–Crippen MR) is 53.0 cm³/mol. The highest BCUT2D eigenvalue weighted by Gasteiger charge is 2.20. The van der Waals surface area contributed by atoms with E-state index in [1.165, 1.54) is 7.11 Å². The summed E-state index contributed by atoms with van der Waals surface area (Å²) in [7, 11) is 1.32. The summed E-state index contributed by atoms with van der Waals surface area (Å²) in [6.07, 6.45) is 1.60. The molecule has 0 amide bonds. The van der Waals surface area contributed by atoms with Gasteiger partial charge in [0, 0.05) is 6.20 Å². The summed E-state index contributed by atoms with van der Waals surface area (Å²) in [6, 6.07) is 0. The molecule has 1 aromatic heterocycles. The highest BCUT2D eigenvalue weighted by molar-refractivity contribution is 5.93. The topological polar surface area (TPSA) is 70.1 Å². The Morgan fingerprint density at radius 3 is 2.50 bits per heavy atom. The average molecular weight is 197 g/mol. The molecule has 0 aromatic carbocycles. The second kappa shape index (κ2) is 3.32. The van der Waals surface area contributed by atoms with Crippen molar-refractivity contribution in [3.05, 3.63) is 11.8 Å². The second-order valence-electron chi connectivity index (χ2n) is 4.03. The highest BCUT2D eigenvalue weighted by atomic mass is 16.5. The molecule has 0 aliphatic carbocycles. The normalized spacial score (nSPS) is 11.4. The molecular weight excluding hydrogens is 182 g/mol. The third kappa shape index (κ3) is 1.86. The minimum Gasteiger partial charge on any atom is -0.465 e. The number of methoxy groups -OCH3 is 1. The summed E-state index contributed by atoms with van der Waals surface area (Å²) in [5.74, 6) is -0.259. The molecule has 0 saturated carbocycles. The monoisotopic (exact) mass is 197 g/mol. The van der Waals surface area contributed by atoms with Crippen LogP contribution in [0.15, 0.2) is 6.20 Å². The fourth-order valence-corrected chi connectivity index (χ4v) is 0.998. The van der Waals surface area contributed by atoms with Crippen molar-refractivity contribution in [3.63, 3.8) is 0 Å². The largest absolute Gasteiger partial charge is 0.465 e. The molecule has 78 valence electrons. The second-order valence-corrected chi connectivity index (χ2v) is 4.03.